The second-order valence-corrected chi connectivity index (χ2v) is 13.3. The number of esters is 2. The molecule has 0 fully saturated rings. The molecule has 0 aliphatic carbocycles. The van der Waals surface area contributed by atoms with Crippen LogP contribution in [0.3, 0.4) is 0 Å². The van der Waals surface area contributed by atoms with Gasteiger partial charge in [0, 0.05) is 18.2 Å². The minimum atomic E-state index is -0.413. The monoisotopic (exact) mass is 682 g/mol. The highest BCUT2D eigenvalue weighted by Crippen LogP contribution is 2.13. The SMILES string of the molecule is CCCCCCCC/C=C/CCCCCCCC(=O)OCC(CBr)OC(=O)CCCCCCC/C=C/CCCCCCCC. The largest absolute Gasteiger partial charge is 0.462 e. The molecule has 1 atom stereocenters. The molecule has 0 N–H and O–H groups in total. The predicted molar refractivity (Wildman–Crippen MR) is 194 cm³/mol. The van der Waals surface area contributed by atoms with Gasteiger partial charge >= 0.3 is 11.9 Å². The summed E-state index contributed by atoms with van der Waals surface area (Å²) < 4.78 is 10.9. The standard InChI is InChI=1S/C39H71BrO4/c1-3-5-7-9-11-13-15-17-19-21-23-25-27-29-31-33-38(41)43-36-37(35-40)44-39(42)34-32-30-28-26-24-22-20-18-16-14-12-10-8-6-4-2/h17-20,37H,3-16,21-36H2,1-2H3/b19-17+,20-18+. The number of hydrogen-bond acceptors (Lipinski definition) is 4. The topological polar surface area (TPSA) is 52.6 Å². The van der Waals surface area contributed by atoms with Crippen LogP contribution in [0.25, 0.3) is 0 Å². The Morgan fingerprint density at radius 3 is 1.23 bits per heavy atom. The molecule has 0 aliphatic rings. The fourth-order valence-corrected chi connectivity index (χ4v) is 5.61. The number of rotatable bonds is 34. The van der Waals surface area contributed by atoms with Gasteiger partial charge in [-0.1, -0.05) is 157 Å². The van der Waals surface area contributed by atoms with E-state index >= 15 is 0 Å². The zero-order valence-electron chi connectivity index (χ0n) is 29.1. The van der Waals surface area contributed by atoms with E-state index < -0.39 is 6.10 Å². The van der Waals surface area contributed by atoms with Gasteiger partial charge in [0.25, 0.3) is 0 Å². The summed E-state index contributed by atoms with van der Waals surface area (Å²) in [7, 11) is 0. The number of alkyl halides is 1. The molecule has 0 aromatic rings. The maximum Gasteiger partial charge on any atom is 0.306 e. The van der Waals surface area contributed by atoms with Gasteiger partial charge in [0.15, 0.2) is 0 Å². The molecule has 0 amide bonds. The Kier molecular flexibility index (Phi) is 35.5. The Morgan fingerprint density at radius 2 is 0.841 bits per heavy atom. The third-order valence-electron chi connectivity index (χ3n) is 8.19. The molecule has 0 aromatic heterocycles. The summed E-state index contributed by atoms with van der Waals surface area (Å²) in [6.07, 6.45) is 42.0. The van der Waals surface area contributed by atoms with Gasteiger partial charge in [0.2, 0.25) is 0 Å². The van der Waals surface area contributed by atoms with Gasteiger partial charge in [0.1, 0.15) is 12.7 Å². The normalized spacial score (nSPS) is 12.3. The maximum absolute atomic E-state index is 12.2. The lowest BCUT2D eigenvalue weighted by Gasteiger charge is -2.15. The summed E-state index contributed by atoms with van der Waals surface area (Å²) in [5.41, 5.74) is 0. The van der Waals surface area contributed by atoms with Crippen molar-refractivity contribution in [2.45, 2.75) is 200 Å². The van der Waals surface area contributed by atoms with Crippen molar-refractivity contribution in [3.63, 3.8) is 0 Å². The molecule has 5 heteroatoms. The van der Waals surface area contributed by atoms with E-state index in [0.29, 0.717) is 18.2 Å². The first kappa shape index (κ1) is 42.9. The second kappa shape index (κ2) is 36.4. The fraction of sp³-hybridized carbons (Fsp3) is 0.846. The van der Waals surface area contributed by atoms with Gasteiger partial charge in [-0.3, -0.25) is 9.59 Å². The minimum absolute atomic E-state index is 0.132. The number of hydrogen-bond donors (Lipinski definition) is 0. The summed E-state index contributed by atoms with van der Waals surface area (Å²) in [4.78, 5) is 24.3. The van der Waals surface area contributed by atoms with Gasteiger partial charge in [0.05, 0.1) is 0 Å². The Labute approximate surface area is 282 Å². The number of carbonyl (C=O) groups is 2. The number of ether oxygens (including phenoxy) is 2. The third-order valence-corrected chi connectivity index (χ3v) is 8.91. The molecule has 0 spiro atoms. The van der Waals surface area contributed by atoms with Crippen LogP contribution in [-0.4, -0.2) is 30.0 Å². The summed E-state index contributed by atoms with van der Waals surface area (Å²) in [6.45, 7) is 4.66. The Morgan fingerprint density at radius 1 is 0.500 bits per heavy atom. The van der Waals surface area contributed by atoms with Gasteiger partial charge in [-0.15, -0.1) is 0 Å². The number of halogens is 1. The third kappa shape index (κ3) is 33.8. The molecule has 44 heavy (non-hydrogen) atoms. The fourth-order valence-electron chi connectivity index (χ4n) is 5.29. The molecule has 1 unspecified atom stereocenters. The van der Waals surface area contributed by atoms with Crippen LogP contribution in [0.5, 0.6) is 0 Å². The van der Waals surface area contributed by atoms with Crippen LogP contribution in [-0.2, 0) is 19.1 Å². The van der Waals surface area contributed by atoms with Gasteiger partial charge in [-0.05, 0) is 64.2 Å². The molecular formula is C39H71BrO4. The van der Waals surface area contributed by atoms with E-state index in [1.165, 1.54) is 128 Å². The molecule has 0 aromatic carbocycles. The minimum Gasteiger partial charge on any atom is -0.462 e. The first-order valence-electron chi connectivity index (χ1n) is 18.8. The lowest BCUT2D eigenvalue weighted by atomic mass is 10.1. The molecular weight excluding hydrogens is 612 g/mol. The highest BCUT2D eigenvalue weighted by Gasteiger charge is 2.15. The van der Waals surface area contributed by atoms with Crippen LogP contribution in [0, 0.1) is 0 Å². The van der Waals surface area contributed by atoms with E-state index in [1.807, 2.05) is 0 Å². The number of allylic oxidation sites excluding steroid dienone is 4. The van der Waals surface area contributed by atoms with E-state index in [2.05, 4.69) is 54.1 Å². The average molecular weight is 684 g/mol. The van der Waals surface area contributed by atoms with E-state index in [0.717, 1.165) is 38.5 Å². The molecule has 4 nitrogen and oxygen atoms in total. The Balaban J connectivity index is 3.58. The van der Waals surface area contributed by atoms with Crippen LogP contribution >= 0.6 is 15.9 Å². The molecule has 0 saturated heterocycles. The molecule has 0 rings (SSSR count). The molecule has 0 heterocycles. The highest BCUT2D eigenvalue weighted by molar-refractivity contribution is 9.09. The summed E-state index contributed by atoms with van der Waals surface area (Å²) in [5, 5.41) is 0.478. The van der Waals surface area contributed by atoms with Crippen LogP contribution in [0.2, 0.25) is 0 Å². The molecule has 0 saturated carbocycles. The summed E-state index contributed by atoms with van der Waals surface area (Å²) in [5.74, 6) is -0.387. The Bertz CT molecular complexity index is 675. The van der Waals surface area contributed by atoms with Crippen LogP contribution < -0.4 is 0 Å². The van der Waals surface area contributed by atoms with Crippen LogP contribution in [0.4, 0.5) is 0 Å². The van der Waals surface area contributed by atoms with E-state index in [4.69, 9.17) is 9.47 Å². The van der Waals surface area contributed by atoms with Gasteiger partial charge in [-0.25, -0.2) is 0 Å². The average Bonchev–Trinajstić information content (AvgIpc) is 3.02. The van der Waals surface area contributed by atoms with Gasteiger partial charge in [-0.2, -0.15) is 0 Å². The molecule has 0 bridgehead atoms. The van der Waals surface area contributed by atoms with Crippen LogP contribution in [0.1, 0.15) is 194 Å². The van der Waals surface area contributed by atoms with Crippen molar-refractivity contribution in [1.29, 1.82) is 0 Å². The number of carbonyl (C=O) groups excluding carboxylic acids is 2. The lowest BCUT2D eigenvalue weighted by molar-refractivity contribution is -0.157. The Hall–Kier alpha value is -1.10. The second-order valence-electron chi connectivity index (χ2n) is 12.6. The zero-order chi connectivity index (χ0) is 32.2. The predicted octanol–water partition coefficient (Wildman–Crippen LogP) is 12.9. The zero-order valence-corrected chi connectivity index (χ0v) is 30.7. The molecule has 0 aliphatic heterocycles. The molecule has 258 valence electrons. The van der Waals surface area contributed by atoms with Crippen molar-refractivity contribution in [2.24, 2.45) is 0 Å². The lowest BCUT2D eigenvalue weighted by Crippen LogP contribution is -2.26. The van der Waals surface area contributed by atoms with E-state index in [-0.39, 0.29) is 18.5 Å². The summed E-state index contributed by atoms with van der Waals surface area (Å²) >= 11 is 3.39. The van der Waals surface area contributed by atoms with Crippen molar-refractivity contribution >= 4 is 27.9 Å². The van der Waals surface area contributed by atoms with Crippen molar-refractivity contribution in [2.75, 3.05) is 11.9 Å². The van der Waals surface area contributed by atoms with Gasteiger partial charge < -0.3 is 9.47 Å². The van der Waals surface area contributed by atoms with Crippen LogP contribution in [0.15, 0.2) is 24.3 Å². The van der Waals surface area contributed by atoms with Crippen molar-refractivity contribution in [1.82, 2.24) is 0 Å². The van der Waals surface area contributed by atoms with Crippen molar-refractivity contribution in [3.05, 3.63) is 24.3 Å². The summed E-state index contributed by atoms with van der Waals surface area (Å²) in [6, 6.07) is 0. The highest BCUT2D eigenvalue weighted by atomic mass is 79.9. The first-order chi connectivity index (χ1) is 21.6. The van der Waals surface area contributed by atoms with Crippen molar-refractivity contribution in [3.8, 4) is 0 Å². The van der Waals surface area contributed by atoms with E-state index in [9.17, 15) is 9.59 Å². The quantitative estimate of drug-likeness (QED) is 0.0293. The van der Waals surface area contributed by atoms with Crippen molar-refractivity contribution < 1.29 is 19.1 Å². The first-order valence-corrected chi connectivity index (χ1v) is 20.0. The molecule has 0 radical (unpaired) electrons. The number of unbranched alkanes of at least 4 members (excludes halogenated alkanes) is 22. The van der Waals surface area contributed by atoms with E-state index in [1.54, 1.807) is 0 Å². The maximum atomic E-state index is 12.2. The smallest absolute Gasteiger partial charge is 0.306 e.